The van der Waals surface area contributed by atoms with Crippen molar-refractivity contribution in [2.24, 2.45) is 0 Å². The van der Waals surface area contributed by atoms with Crippen LogP contribution in [0.2, 0.25) is 0 Å². The Morgan fingerprint density at radius 2 is 1.90 bits per heavy atom. The first kappa shape index (κ1) is 20.9. The molecule has 1 aliphatic rings. The fraction of sp³-hybridized carbons (Fsp3) is 0.286. The highest BCUT2D eigenvalue weighted by Gasteiger charge is 2.20. The van der Waals surface area contributed by atoms with Gasteiger partial charge in [-0.05, 0) is 60.5 Å². The first-order valence-corrected chi connectivity index (χ1v) is 10.6. The molecule has 29 heavy (non-hydrogen) atoms. The van der Waals surface area contributed by atoms with E-state index in [0.717, 1.165) is 17.7 Å². The van der Waals surface area contributed by atoms with Gasteiger partial charge < -0.3 is 14.4 Å². The van der Waals surface area contributed by atoms with Crippen LogP contribution in [0.5, 0.6) is 11.5 Å². The molecule has 0 saturated heterocycles. The number of carbonyl (C=O) groups is 1. The summed E-state index contributed by atoms with van der Waals surface area (Å²) in [7, 11) is 0.686. The first-order valence-electron chi connectivity index (χ1n) is 9.12. The molecule has 1 amide bonds. The van der Waals surface area contributed by atoms with Gasteiger partial charge in [-0.1, -0.05) is 12.1 Å². The lowest BCUT2D eigenvalue weighted by atomic mass is 9.99. The largest absolute Gasteiger partial charge is 0.497 e. The van der Waals surface area contributed by atoms with Crippen molar-refractivity contribution in [3.63, 3.8) is 0 Å². The van der Waals surface area contributed by atoms with Crippen LogP contribution >= 0.6 is 0 Å². The van der Waals surface area contributed by atoms with E-state index in [1.807, 2.05) is 18.2 Å². The number of nitrogens with one attached hydrogen (secondary N) is 1. The number of hydrogen-bond acceptors (Lipinski definition) is 5. The topological polar surface area (TPSA) is 84.9 Å². The molecule has 0 spiro atoms. The summed E-state index contributed by atoms with van der Waals surface area (Å²) in [6.07, 6.45) is 3.85. The molecule has 2 aromatic carbocycles. The van der Waals surface area contributed by atoms with Gasteiger partial charge in [-0.15, -0.1) is 0 Å². The van der Waals surface area contributed by atoms with Gasteiger partial charge in [-0.2, -0.15) is 0 Å². The monoisotopic (exact) mass is 416 g/mol. The Morgan fingerprint density at radius 3 is 2.59 bits per heavy atom. The van der Waals surface area contributed by atoms with E-state index in [-0.39, 0.29) is 16.6 Å². The van der Waals surface area contributed by atoms with Gasteiger partial charge in [0.25, 0.3) is 0 Å². The molecule has 0 aromatic heterocycles. The number of rotatable bonds is 6. The highest BCUT2D eigenvalue weighted by molar-refractivity contribution is 7.89. The number of fused-ring (bicyclic) bond motifs is 1. The van der Waals surface area contributed by atoms with Crippen molar-refractivity contribution in [3.8, 4) is 11.5 Å². The zero-order valence-corrected chi connectivity index (χ0v) is 17.5. The second-order valence-corrected chi connectivity index (χ2v) is 8.45. The molecule has 0 aliphatic carbocycles. The molecule has 0 radical (unpaired) electrons. The summed E-state index contributed by atoms with van der Waals surface area (Å²) in [5, 5.41) is 0. The normalized spacial score (nSPS) is 14.0. The lowest BCUT2D eigenvalue weighted by molar-refractivity contribution is -0.126. The number of hydrogen-bond donors (Lipinski definition) is 1. The molecule has 0 saturated carbocycles. The average molecular weight is 416 g/mol. The average Bonchev–Trinajstić information content (AvgIpc) is 2.76. The molecule has 0 bridgehead atoms. The summed E-state index contributed by atoms with van der Waals surface area (Å²) in [5.74, 6) is 0.877. The highest BCUT2D eigenvalue weighted by Crippen LogP contribution is 2.26. The van der Waals surface area contributed by atoms with Crippen molar-refractivity contribution in [2.75, 3.05) is 27.8 Å². The summed E-state index contributed by atoms with van der Waals surface area (Å²) < 4.78 is 37.1. The standard InChI is InChI=1S/C21H24N2O5S/c1-22-29(25,26)20-12-15(4-8-19(20)28-3)5-9-21(24)23-11-10-16-6-7-18(27-2)13-17(16)14-23/h4-9,12-13,22H,10-11,14H2,1-3H3/b9-5+. The summed E-state index contributed by atoms with van der Waals surface area (Å²) in [6.45, 7) is 1.14. The van der Waals surface area contributed by atoms with Gasteiger partial charge in [0.05, 0.1) is 14.2 Å². The van der Waals surface area contributed by atoms with E-state index >= 15 is 0 Å². The number of benzene rings is 2. The molecule has 7 nitrogen and oxygen atoms in total. The predicted octanol–water partition coefficient (Wildman–Crippen LogP) is 2.21. The molecule has 0 atom stereocenters. The molecule has 1 aliphatic heterocycles. The van der Waals surface area contributed by atoms with E-state index in [2.05, 4.69) is 4.72 Å². The number of amides is 1. The molecule has 1 N–H and O–H groups in total. The van der Waals surface area contributed by atoms with Crippen LogP contribution in [0.1, 0.15) is 16.7 Å². The summed E-state index contributed by atoms with van der Waals surface area (Å²) in [6, 6.07) is 10.7. The molecule has 3 rings (SSSR count). The number of sulfonamides is 1. The van der Waals surface area contributed by atoms with Crippen LogP contribution in [0.15, 0.2) is 47.4 Å². The molecule has 154 valence electrons. The number of carbonyl (C=O) groups excluding carboxylic acids is 1. The van der Waals surface area contributed by atoms with Crippen molar-refractivity contribution >= 4 is 22.0 Å². The van der Waals surface area contributed by atoms with Crippen LogP contribution < -0.4 is 14.2 Å². The van der Waals surface area contributed by atoms with Gasteiger partial charge >= 0.3 is 0 Å². The SMILES string of the molecule is CNS(=O)(=O)c1cc(/C=C/C(=O)N2CCc3ccc(OC)cc3C2)ccc1OC. The minimum Gasteiger partial charge on any atom is -0.497 e. The Balaban J connectivity index is 1.78. The van der Waals surface area contributed by atoms with Gasteiger partial charge in [0, 0.05) is 19.2 Å². The predicted molar refractivity (Wildman–Crippen MR) is 110 cm³/mol. The number of nitrogens with zero attached hydrogens (tertiary/aromatic N) is 1. The van der Waals surface area contributed by atoms with Crippen molar-refractivity contribution < 1.29 is 22.7 Å². The maximum Gasteiger partial charge on any atom is 0.246 e. The van der Waals surface area contributed by atoms with Crippen molar-refractivity contribution in [3.05, 3.63) is 59.2 Å². The Bertz CT molecular complexity index is 1050. The summed E-state index contributed by atoms with van der Waals surface area (Å²) >= 11 is 0. The van der Waals surface area contributed by atoms with Crippen LogP contribution in [-0.4, -0.2) is 47.0 Å². The Hall–Kier alpha value is -2.84. The lowest BCUT2D eigenvalue weighted by Gasteiger charge is -2.28. The van der Waals surface area contributed by atoms with Crippen LogP contribution in [0.4, 0.5) is 0 Å². The van der Waals surface area contributed by atoms with Gasteiger partial charge in [0.15, 0.2) is 0 Å². The van der Waals surface area contributed by atoms with E-state index < -0.39 is 10.0 Å². The smallest absolute Gasteiger partial charge is 0.246 e. The van der Waals surface area contributed by atoms with Crippen LogP contribution in [0.25, 0.3) is 6.08 Å². The molecular weight excluding hydrogens is 392 g/mol. The van der Waals surface area contributed by atoms with Gasteiger partial charge in [0.1, 0.15) is 16.4 Å². The van der Waals surface area contributed by atoms with Crippen molar-refractivity contribution in [1.82, 2.24) is 9.62 Å². The molecule has 0 fully saturated rings. The molecule has 1 heterocycles. The van der Waals surface area contributed by atoms with E-state index in [9.17, 15) is 13.2 Å². The number of ether oxygens (including phenoxy) is 2. The van der Waals surface area contributed by atoms with Gasteiger partial charge in [-0.25, -0.2) is 13.1 Å². The Labute approximate surface area is 171 Å². The minimum absolute atomic E-state index is 0.0242. The Morgan fingerprint density at radius 1 is 1.10 bits per heavy atom. The lowest BCUT2D eigenvalue weighted by Crippen LogP contribution is -2.34. The highest BCUT2D eigenvalue weighted by atomic mass is 32.2. The summed E-state index contributed by atoms with van der Waals surface area (Å²) in [4.78, 5) is 14.4. The van der Waals surface area contributed by atoms with Crippen molar-refractivity contribution in [2.45, 2.75) is 17.9 Å². The maximum atomic E-state index is 12.6. The second kappa shape index (κ2) is 8.67. The van der Waals surface area contributed by atoms with E-state index in [1.165, 1.54) is 31.9 Å². The van der Waals surface area contributed by atoms with Crippen LogP contribution in [-0.2, 0) is 27.8 Å². The molecule has 8 heteroatoms. The third-order valence-corrected chi connectivity index (χ3v) is 6.34. The van der Waals surface area contributed by atoms with Crippen LogP contribution in [0.3, 0.4) is 0 Å². The zero-order chi connectivity index (χ0) is 21.0. The number of methoxy groups -OCH3 is 2. The first-order chi connectivity index (χ1) is 13.9. The van der Waals surface area contributed by atoms with E-state index in [0.29, 0.717) is 18.7 Å². The van der Waals surface area contributed by atoms with E-state index in [1.54, 1.807) is 30.2 Å². The van der Waals surface area contributed by atoms with Gasteiger partial charge in [0.2, 0.25) is 15.9 Å². The molecular formula is C21H24N2O5S. The van der Waals surface area contributed by atoms with E-state index in [4.69, 9.17) is 9.47 Å². The van der Waals surface area contributed by atoms with Crippen LogP contribution in [0, 0.1) is 0 Å². The third-order valence-electron chi connectivity index (χ3n) is 4.90. The maximum absolute atomic E-state index is 12.6. The Kier molecular flexibility index (Phi) is 6.24. The fourth-order valence-electron chi connectivity index (χ4n) is 3.24. The third kappa shape index (κ3) is 4.60. The minimum atomic E-state index is -3.68. The van der Waals surface area contributed by atoms with Gasteiger partial charge in [-0.3, -0.25) is 4.79 Å². The summed E-state index contributed by atoms with van der Waals surface area (Å²) in [5.41, 5.74) is 2.88. The zero-order valence-electron chi connectivity index (χ0n) is 16.6. The fourth-order valence-corrected chi connectivity index (χ4v) is 4.17. The quantitative estimate of drug-likeness (QED) is 0.730. The molecule has 0 unspecified atom stereocenters. The van der Waals surface area contributed by atoms with Crippen molar-refractivity contribution in [1.29, 1.82) is 0 Å². The molecule has 2 aromatic rings. The second-order valence-electron chi connectivity index (χ2n) is 6.60.